The summed E-state index contributed by atoms with van der Waals surface area (Å²) in [4.78, 5) is 0. The van der Waals surface area contributed by atoms with Gasteiger partial charge in [0.2, 0.25) is 0 Å². The highest BCUT2D eigenvalue weighted by molar-refractivity contribution is 6.90. The van der Waals surface area contributed by atoms with Crippen LogP contribution in [-0.2, 0) is 0 Å². The van der Waals surface area contributed by atoms with E-state index in [0.29, 0.717) is 11.5 Å². The Morgan fingerprint density at radius 3 is 2.30 bits per heavy atom. The molecule has 1 saturated carbocycles. The van der Waals surface area contributed by atoms with Crippen LogP contribution in [0.4, 0.5) is 0 Å². The quantitative estimate of drug-likeness (QED) is 0.801. The van der Waals surface area contributed by atoms with Crippen molar-refractivity contribution in [2.24, 2.45) is 5.92 Å². The molecule has 1 N–H and O–H groups in total. The van der Waals surface area contributed by atoms with Gasteiger partial charge in [0.1, 0.15) is 0 Å². The molecule has 20 heavy (non-hydrogen) atoms. The fourth-order valence-electron chi connectivity index (χ4n) is 3.52. The Kier molecular flexibility index (Phi) is 5.45. The molecule has 0 heterocycles. The maximum atomic E-state index is 10.6. The molecule has 1 aromatic rings. The molecular weight excluding hydrogens is 260 g/mol. The van der Waals surface area contributed by atoms with Crippen molar-refractivity contribution >= 4 is 13.3 Å². The first-order valence-electron chi connectivity index (χ1n) is 8.25. The number of rotatable bonds is 5. The first-order chi connectivity index (χ1) is 9.51. The summed E-state index contributed by atoms with van der Waals surface area (Å²) >= 11 is 0. The van der Waals surface area contributed by atoms with Crippen LogP contribution in [-0.4, -0.2) is 19.3 Å². The van der Waals surface area contributed by atoms with E-state index in [-0.39, 0.29) is 6.10 Å². The van der Waals surface area contributed by atoms with Crippen LogP contribution in [0.5, 0.6) is 0 Å². The summed E-state index contributed by atoms with van der Waals surface area (Å²) in [5, 5.41) is 12.1. The highest BCUT2D eigenvalue weighted by atomic mass is 28.3. The lowest BCUT2D eigenvalue weighted by atomic mass is 9.84. The summed E-state index contributed by atoms with van der Waals surface area (Å²) in [6.45, 7) is 7.24. The second-order valence-corrected chi connectivity index (χ2v) is 12.2. The van der Waals surface area contributed by atoms with Gasteiger partial charge in [-0.1, -0.05) is 74.8 Å². The smallest absolute Gasteiger partial charge is 0.0835 e. The Morgan fingerprint density at radius 1 is 1.10 bits per heavy atom. The van der Waals surface area contributed by atoms with E-state index in [1.165, 1.54) is 37.3 Å². The number of hydrogen-bond donors (Lipinski definition) is 1. The van der Waals surface area contributed by atoms with Crippen LogP contribution >= 0.6 is 0 Å². The fraction of sp³-hybridized carbons (Fsp3) is 0.667. The minimum Gasteiger partial charge on any atom is -0.393 e. The third kappa shape index (κ3) is 3.73. The van der Waals surface area contributed by atoms with Gasteiger partial charge in [0.05, 0.1) is 14.2 Å². The Morgan fingerprint density at radius 2 is 1.70 bits per heavy atom. The van der Waals surface area contributed by atoms with Crippen LogP contribution in [0.2, 0.25) is 18.6 Å². The lowest BCUT2D eigenvalue weighted by Crippen LogP contribution is -2.46. The van der Waals surface area contributed by atoms with Crippen LogP contribution in [0.15, 0.2) is 30.3 Å². The number of aliphatic hydroxyl groups is 1. The topological polar surface area (TPSA) is 20.2 Å². The van der Waals surface area contributed by atoms with Crippen molar-refractivity contribution in [2.75, 3.05) is 0 Å². The van der Waals surface area contributed by atoms with Crippen LogP contribution in [0.3, 0.4) is 0 Å². The third-order valence-electron chi connectivity index (χ3n) is 5.54. The summed E-state index contributed by atoms with van der Waals surface area (Å²) in [7, 11) is -1.47. The lowest BCUT2D eigenvalue weighted by Gasteiger charge is -2.35. The Bertz CT molecular complexity index is 395. The van der Waals surface area contributed by atoms with Crippen molar-refractivity contribution in [3.05, 3.63) is 30.3 Å². The molecule has 2 heteroatoms. The molecule has 112 valence electrons. The van der Waals surface area contributed by atoms with Crippen LogP contribution in [0, 0.1) is 5.92 Å². The molecule has 0 aliphatic heterocycles. The van der Waals surface area contributed by atoms with Crippen LogP contribution in [0.1, 0.15) is 45.4 Å². The molecule has 0 spiro atoms. The van der Waals surface area contributed by atoms with Gasteiger partial charge in [-0.15, -0.1) is 0 Å². The molecular formula is C18H30OSi. The zero-order chi connectivity index (χ0) is 14.6. The molecule has 2 atom stereocenters. The van der Waals surface area contributed by atoms with Crippen LogP contribution < -0.4 is 5.19 Å². The zero-order valence-electron chi connectivity index (χ0n) is 13.3. The van der Waals surface area contributed by atoms with E-state index in [9.17, 15) is 5.11 Å². The molecule has 0 bridgehead atoms. The highest BCUT2D eigenvalue weighted by Crippen LogP contribution is 2.33. The molecule has 0 radical (unpaired) electrons. The normalized spacial score (nSPS) is 20.6. The highest BCUT2D eigenvalue weighted by Gasteiger charge is 2.33. The zero-order valence-corrected chi connectivity index (χ0v) is 14.3. The molecule has 2 rings (SSSR count). The van der Waals surface area contributed by atoms with Gasteiger partial charge in [-0.3, -0.25) is 0 Å². The average molecular weight is 291 g/mol. The Balaban J connectivity index is 1.97. The predicted molar refractivity (Wildman–Crippen MR) is 90.2 cm³/mol. The van der Waals surface area contributed by atoms with Crippen molar-refractivity contribution < 1.29 is 5.11 Å². The summed E-state index contributed by atoms with van der Waals surface area (Å²) < 4.78 is 0. The minimum atomic E-state index is -1.47. The molecule has 1 aliphatic carbocycles. The molecule has 1 aliphatic rings. The third-order valence-corrected chi connectivity index (χ3v) is 10.1. The molecule has 0 amide bonds. The molecule has 0 unspecified atom stereocenters. The van der Waals surface area contributed by atoms with Crippen molar-refractivity contribution in [3.8, 4) is 0 Å². The van der Waals surface area contributed by atoms with E-state index < -0.39 is 8.07 Å². The van der Waals surface area contributed by atoms with E-state index in [1.54, 1.807) is 0 Å². The van der Waals surface area contributed by atoms with E-state index >= 15 is 0 Å². The van der Waals surface area contributed by atoms with E-state index in [0.717, 1.165) is 6.42 Å². The number of hydrogen-bond acceptors (Lipinski definition) is 1. The second kappa shape index (κ2) is 6.90. The van der Waals surface area contributed by atoms with Gasteiger partial charge in [-0.25, -0.2) is 0 Å². The number of benzene rings is 1. The molecule has 1 fully saturated rings. The van der Waals surface area contributed by atoms with Crippen molar-refractivity contribution in [3.63, 3.8) is 0 Å². The average Bonchev–Trinajstić information content (AvgIpc) is 2.49. The molecule has 0 saturated heterocycles. The molecule has 0 aromatic heterocycles. The van der Waals surface area contributed by atoms with Crippen LogP contribution in [0.25, 0.3) is 0 Å². The van der Waals surface area contributed by atoms with Crippen molar-refractivity contribution in [1.29, 1.82) is 0 Å². The van der Waals surface area contributed by atoms with E-state index in [1.807, 2.05) is 0 Å². The summed E-state index contributed by atoms with van der Waals surface area (Å²) in [5.74, 6) is 0.562. The van der Waals surface area contributed by atoms with Gasteiger partial charge in [0.15, 0.2) is 0 Å². The SMILES string of the molecule is C[C@H](C[C@@H](O)C1CCCCC1)[Si](C)(C)c1ccccc1. The summed E-state index contributed by atoms with van der Waals surface area (Å²) in [6, 6.07) is 10.9. The first kappa shape index (κ1) is 15.8. The standard InChI is InChI=1S/C18H30OSi/c1-15(14-18(19)16-10-6-4-7-11-16)20(2,3)17-12-8-5-9-13-17/h5,8-9,12-13,15-16,18-19H,4,6-7,10-11,14H2,1-3H3/t15-,18-/m1/s1. The molecule has 1 aromatic carbocycles. The fourth-order valence-corrected chi connectivity index (χ4v) is 5.97. The van der Waals surface area contributed by atoms with E-state index in [2.05, 4.69) is 50.3 Å². The van der Waals surface area contributed by atoms with Gasteiger partial charge < -0.3 is 5.11 Å². The second-order valence-electron chi connectivity index (χ2n) is 7.19. The minimum absolute atomic E-state index is 0.0826. The summed E-state index contributed by atoms with van der Waals surface area (Å²) in [6.07, 6.45) is 7.37. The van der Waals surface area contributed by atoms with E-state index in [4.69, 9.17) is 0 Å². The monoisotopic (exact) mass is 290 g/mol. The Labute approximate surface area is 125 Å². The van der Waals surface area contributed by atoms with Gasteiger partial charge in [0.25, 0.3) is 0 Å². The first-order valence-corrected chi connectivity index (χ1v) is 11.3. The van der Waals surface area contributed by atoms with Gasteiger partial charge in [-0.05, 0) is 30.7 Å². The molecule has 1 nitrogen and oxygen atoms in total. The predicted octanol–water partition coefficient (Wildman–Crippen LogP) is 4.32. The largest absolute Gasteiger partial charge is 0.393 e. The lowest BCUT2D eigenvalue weighted by molar-refractivity contribution is 0.0762. The van der Waals surface area contributed by atoms with Gasteiger partial charge in [0, 0.05) is 0 Å². The van der Waals surface area contributed by atoms with Crippen molar-refractivity contribution in [1.82, 2.24) is 0 Å². The Hall–Kier alpha value is -0.603. The van der Waals surface area contributed by atoms with Gasteiger partial charge >= 0.3 is 0 Å². The maximum Gasteiger partial charge on any atom is 0.0835 e. The number of aliphatic hydroxyl groups excluding tert-OH is 1. The maximum absolute atomic E-state index is 10.6. The van der Waals surface area contributed by atoms with Gasteiger partial charge in [-0.2, -0.15) is 0 Å². The van der Waals surface area contributed by atoms with Crippen molar-refractivity contribution in [2.45, 2.75) is 70.2 Å². The summed E-state index contributed by atoms with van der Waals surface area (Å²) in [5.41, 5.74) is 0.627.